The zero-order valence-corrected chi connectivity index (χ0v) is 15.8. The van der Waals surface area contributed by atoms with Gasteiger partial charge in [-0.05, 0) is 25.6 Å². The maximum Gasteiger partial charge on any atom is 0.128 e. The van der Waals surface area contributed by atoms with Crippen LogP contribution < -0.4 is 10.6 Å². The number of aliphatic hydroxyl groups excluding tert-OH is 1. The van der Waals surface area contributed by atoms with Gasteiger partial charge in [-0.1, -0.05) is 48.5 Å². The fourth-order valence-corrected chi connectivity index (χ4v) is 2.92. The Morgan fingerprint density at radius 2 is 1.64 bits per heavy atom. The first kappa shape index (κ1) is 20.1. The average molecular weight is 383 g/mol. The second kappa shape index (κ2) is 10.7. The van der Waals surface area contributed by atoms with E-state index >= 15 is 0 Å². The lowest BCUT2D eigenvalue weighted by Gasteiger charge is -2.05. The molecule has 0 aliphatic carbocycles. The van der Waals surface area contributed by atoms with Crippen LogP contribution in [0.3, 0.4) is 0 Å². The zero-order chi connectivity index (χ0) is 19.6. The molecule has 6 nitrogen and oxygen atoms in total. The van der Waals surface area contributed by atoms with E-state index < -0.39 is 0 Å². The lowest BCUT2D eigenvalue weighted by molar-refractivity contribution is 0.292. The Labute approximate surface area is 164 Å². The molecule has 2 aromatic carbocycles. The third-order valence-electron chi connectivity index (χ3n) is 4.33. The van der Waals surface area contributed by atoms with E-state index in [1.807, 2.05) is 36.4 Å². The Morgan fingerprint density at radius 1 is 0.893 bits per heavy atom. The van der Waals surface area contributed by atoms with Crippen LogP contribution in [0, 0.1) is 5.82 Å². The van der Waals surface area contributed by atoms with Crippen LogP contribution in [0.4, 0.5) is 4.39 Å². The van der Waals surface area contributed by atoms with Crippen LogP contribution in [0.25, 0.3) is 11.3 Å². The average Bonchev–Trinajstić information content (AvgIpc) is 3.12. The molecule has 0 saturated heterocycles. The summed E-state index contributed by atoms with van der Waals surface area (Å²) < 4.78 is 14.0. The van der Waals surface area contributed by atoms with E-state index in [0.717, 1.165) is 36.5 Å². The fourth-order valence-electron chi connectivity index (χ4n) is 2.92. The molecule has 0 amide bonds. The lowest BCUT2D eigenvalue weighted by atomic mass is 10.1. The van der Waals surface area contributed by atoms with Crippen molar-refractivity contribution in [3.05, 3.63) is 71.7 Å². The van der Waals surface area contributed by atoms with E-state index in [4.69, 9.17) is 5.11 Å². The Bertz CT molecular complexity index is 853. The first-order valence-electron chi connectivity index (χ1n) is 9.53. The number of halogens is 1. The summed E-state index contributed by atoms with van der Waals surface area (Å²) in [5.74, 6) is -0.254. The monoisotopic (exact) mass is 383 g/mol. The van der Waals surface area contributed by atoms with Crippen LogP contribution in [0.1, 0.15) is 17.7 Å². The standard InChI is InChI=1S/C21H26FN5O/c22-19-10-5-4-9-18(19)16-27-25-20(15-24-12-6-11-23-13-14-28)21(26-27)17-7-2-1-3-8-17/h1-5,7-10,23-24,28H,6,11-16H2. The van der Waals surface area contributed by atoms with Crippen LogP contribution in [-0.4, -0.2) is 46.3 Å². The van der Waals surface area contributed by atoms with Gasteiger partial charge in [-0.25, -0.2) is 4.39 Å². The van der Waals surface area contributed by atoms with Gasteiger partial charge in [0.2, 0.25) is 0 Å². The predicted octanol–water partition coefficient (Wildman–Crippen LogP) is 2.19. The molecule has 0 fully saturated rings. The van der Waals surface area contributed by atoms with Gasteiger partial charge in [-0.15, -0.1) is 0 Å². The Morgan fingerprint density at radius 3 is 2.43 bits per heavy atom. The SMILES string of the molecule is OCCNCCCNCc1nn(Cc2ccccc2F)nc1-c1ccccc1. The minimum Gasteiger partial charge on any atom is -0.395 e. The van der Waals surface area contributed by atoms with Gasteiger partial charge < -0.3 is 15.7 Å². The van der Waals surface area contributed by atoms with Crippen LogP contribution in [-0.2, 0) is 13.1 Å². The van der Waals surface area contributed by atoms with Crippen molar-refractivity contribution < 1.29 is 9.50 Å². The second-order valence-electron chi connectivity index (χ2n) is 6.49. The van der Waals surface area contributed by atoms with Gasteiger partial charge in [0.15, 0.2) is 0 Å². The molecule has 1 aromatic heterocycles. The Balaban J connectivity index is 1.68. The van der Waals surface area contributed by atoms with Crippen molar-refractivity contribution in [3.8, 4) is 11.3 Å². The van der Waals surface area contributed by atoms with Crippen molar-refractivity contribution in [3.63, 3.8) is 0 Å². The smallest absolute Gasteiger partial charge is 0.128 e. The quantitative estimate of drug-likeness (QED) is 0.443. The molecule has 3 N–H and O–H groups in total. The summed E-state index contributed by atoms with van der Waals surface area (Å²) in [7, 11) is 0. The molecule has 0 saturated carbocycles. The summed E-state index contributed by atoms with van der Waals surface area (Å²) in [6.45, 7) is 3.31. The van der Waals surface area contributed by atoms with Crippen molar-refractivity contribution in [2.75, 3.05) is 26.2 Å². The fraction of sp³-hybridized carbons (Fsp3) is 0.333. The molecule has 3 rings (SSSR count). The molecule has 0 unspecified atom stereocenters. The van der Waals surface area contributed by atoms with Crippen molar-refractivity contribution in [1.29, 1.82) is 0 Å². The minimum atomic E-state index is -0.254. The molecular weight excluding hydrogens is 357 g/mol. The van der Waals surface area contributed by atoms with Gasteiger partial charge in [-0.2, -0.15) is 15.0 Å². The molecule has 0 radical (unpaired) electrons. The molecule has 1 heterocycles. The molecule has 28 heavy (non-hydrogen) atoms. The number of hydrogen-bond acceptors (Lipinski definition) is 5. The summed E-state index contributed by atoms with van der Waals surface area (Å²) in [5.41, 5.74) is 3.20. The summed E-state index contributed by atoms with van der Waals surface area (Å²) in [4.78, 5) is 1.56. The van der Waals surface area contributed by atoms with Gasteiger partial charge >= 0.3 is 0 Å². The Kier molecular flexibility index (Phi) is 7.66. The van der Waals surface area contributed by atoms with Gasteiger partial charge in [0.05, 0.1) is 13.2 Å². The van der Waals surface area contributed by atoms with Crippen molar-refractivity contribution in [1.82, 2.24) is 25.6 Å². The summed E-state index contributed by atoms with van der Waals surface area (Å²) in [6.07, 6.45) is 0.948. The highest BCUT2D eigenvalue weighted by atomic mass is 19.1. The number of hydrogen-bond donors (Lipinski definition) is 3. The zero-order valence-electron chi connectivity index (χ0n) is 15.8. The van der Waals surface area contributed by atoms with Gasteiger partial charge in [0.1, 0.15) is 17.2 Å². The topological polar surface area (TPSA) is 75.0 Å². The van der Waals surface area contributed by atoms with E-state index in [0.29, 0.717) is 18.7 Å². The van der Waals surface area contributed by atoms with Gasteiger partial charge in [0.25, 0.3) is 0 Å². The first-order valence-corrected chi connectivity index (χ1v) is 9.53. The van der Waals surface area contributed by atoms with Crippen molar-refractivity contribution in [2.45, 2.75) is 19.5 Å². The number of aromatic nitrogens is 3. The highest BCUT2D eigenvalue weighted by Gasteiger charge is 2.14. The second-order valence-corrected chi connectivity index (χ2v) is 6.49. The minimum absolute atomic E-state index is 0.152. The number of nitrogens with one attached hydrogen (secondary N) is 2. The number of rotatable bonds is 11. The molecule has 0 aliphatic rings. The predicted molar refractivity (Wildman–Crippen MR) is 107 cm³/mol. The van der Waals surface area contributed by atoms with E-state index in [1.165, 1.54) is 6.07 Å². The molecule has 0 aliphatic heterocycles. The number of aliphatic hydroxyl groups is 1. The third-order valence-corrected chi connectivity index (χ3v) is 4.33. The van der Waals surface area contributed by atoms with E-state index in [9.17, 15) is 4.39 Å². The summed E-state index contributed by atoms with van der Waals surface area (Å²) in [6, 6.07) is 16.6. The van der Waals surface area contributed by atoms with Gasteiger partial charge in [-0.3, -0.25) is 0 Å². The third kappa shape index (κ3) is 5.69. The maximum absolute atomic E-state index is 14.0. The largest absolute Gasteiger partial charge is 0.395 e. The van der Waals surface area contributed by atoms with E-state index in [2.05, 4.69) is 20.8 Å². The normalized spacial score (nSPS) is 11.1. The van der Waals surface area contributed by atoms with Crippen LogP contribution in [0.15, 0.2) is 54.6 Å². The van der Waals surface area contributed by atoms with Crippen molar-refractivity contribution >= 4 is 0 Å². The molecule has 0 atom stereocenters. The van der Waals surface area contributed by atoms with Crippen LogP contribution in [0.2, 0.25) is 0 Å². The molecule has 148 valence electrons. The van der Waals surface area contributed by atoms with Crippen LogP contribution >= 0.6 is 0 Å². The summed E-state index contributed by atoms with van der Waals surface area (Å²) in [5, 5.41) is 24.5. The molecular formula is C21H26FN5O. The maximum atomic E-state index is 14.0. The van der Waals surface area contributed by atoms with Crippen LogP contribution in [0.5, 0.6) is 0 Å². The molecule has 0 bridgehead atoms. The first-order chi connectivity index (χ1) is 13.8. The summed E-state index contributed by atoms with van der Waals surface area (Å²) >= 11 is 0. The number of benzene rings is 2. The van der Waals surface area contributed by atoms with Gasteiger partial charge in [0, 0.05) is 24.2 Å². The lowest BCUT2D eigenvalue weighted by Crippen LogP contribution is -2.24. The number of nitrogens with zero attached hydrogens (tertiary/aromatic N) is 3. The molecule has 7 heteroatoms. The molecule has 0 spiro atoms. The van der Waals surface area contributed by atoms with E-state index in [1.54, 1.807) is 16.9 Å². The Hall–Kier alpha value is -2.61. The van der Waals surface area contributed by atoms with Crippen molar-refractivity contribution in [2.24, 2.45) is 0 Å². The highest BCUT2D eigenvalue weighted by molar-refractivity contribution is 5.60. The van der Waals surface area contributed by atoms with E-state index in [-0.39, 0.29) is 19.0 Å². The highest BCUT2D eigenvalue weighted by Crippen LogP contribution is 2.20. The molecule has 3 aromatic rings.